The first-order chi connectivity index (χ1) is 7.79. The number of hydrogen-bond acceptors (Lipinski definition) is 4. The maximum Gasteiger partial charge on any atom is 0.0684 e. The van der Waals surface area contributed by atoms with Crippen molar-refractivity contribution in [2.75, 3.05) is 26.3 Å². The minimum Gasteiger partial charge on any atom is -0.379 e. The van der Waals surface area contributed by atoms with Gasteiger partial charge in [-0.15, -0.1) is 0 Å². The van der Waals surface area contributed by atoms with Crippen molar-refractivity contribution in [2.45, 2.75) is 44.3 Å². The lowest BCUT2D eigenvalue weighted by molar-refractivity contribution is -0.00899. The number of nitrogens with two attached hydrogens (primary N) is 2. The van der Waals surface area contributed by atoms with E-state index in [0.29, 0.717) is 12.0 Å². The van der Waals surface area contributed by atoms with E-state index in [-0.39, 0.29) is 6.17 Å². The molecule has 1 heterocycles. The molecular weight excluding hydrogens is 202 g/mol. The molecule has 2 aliphatic rings. The molecule has 0 aromatic heterocycles. The molecule has 0 spiro atoms. The summed E-state index contributed by atoms with van der Waals surface area (Å²) in [6, 6.07) is 0.365. The Morgan fingerprint density at radius 3 is 2.19 bits per heavy atom. The molecule has 1 saturated carbocycles. The third-order valence-electron chi connectivity index (χ3n) is 3.99. The molecule has 94 valence electrons. The molecule has 1 atom stereocenters. The zero-order valence-electron chi connectivity index (χ0n) is 10.1. The number of nitrogens with zero attached hydrogens (tertiary/aromatic N) is 1. The van der Waals surface area contributed by atoms with Crippen LogP contribution in [-0.2, 0) is 4.74 Å². The predicted octanol–water partition coefficient (Wildman–Crippen LogP) is 0.511. The van der Waals surface area contributed by atoms with Crippen molar-refractivity contribution >= 4 is 0 Å². The van der Waals surface area contributed by atoms with Crippen molar-refractivity contribution in [3.8, 4) is 0 Å². The van der Waals surface area contributed by atoms with Crippen LogP contribution in [0.5, 0.6) is 0 Å². The Morgan fingerprint density at radius 1 is 1.00 bits per heavy atom. The van der Waals surface area contributed by atoms with Crippen LogP contribution < -0.4 is 11.5 Å². The van der Waals surface area contributed by atoms with Crippen molar-refractivity contribution < 1.29 is 4.74 Å². The minimum absolute atomic E-state index is 0.207. The second-order valence-electron chi connectivity index (χ2n) is 5.11. The van der Waals surface area contributed by atoms with Crippen LogP contribution in [0.3, 0.4) is 0 Å². The number of morpholine rings is 1. The van der Waals surface area contributed by atoms with E-state index in [1.807, 2.05) is 0 Å². The Morgan fingerprint density at radius 2 is 1.62 bits per heavy atom. The molecule has 0 bridgehead atoms. The zero-order valence-corrected chi connectivity index (χ0v) is 10.1. The molecule has 0 radical (unpaired) electrons. The van der Waals surface area contributed by atoms with Gasteiger partial charge in [0.15, 0.2) is 0 Å². The van der Waals surface area contributed by atoms with E-state index in [1.54, 1.807) is 0 Å². The Hall–Kier alpha value is -0.160. The van der Waals surface area contributed by atoms with E-state index in [0.717, 1.165) is 26.3 Å². The molecule has 2 fully saturated rings. The quantitative estimate of drug-likeness (QED) is 0.690. The third-order valence-corrected chi connectivity index (χ3v) is 3.99. The van der Waals surface area contributed by atoms with Crippen LogP contribution in [0.2, 0.25) is 0 Å². The van der Waals surface area contributed by atoms with E-state index in [9.17, 15) is 0 Å². The molecule has 0 amide bonds. The summed E-state index contributed by atoms with van der Waals surface area (Å²) in [5, 5.41) is 0. The highest BCUT2D eigenvalue weighted by Gasteiger charge is 2.32. The third kappa shape index (κ3) is 2.94. The van der Waals surface area contributed by atoms with Gasteiger partial charge in [0.25, 0.3) is 0 Å². The van der Waals surface area contributed by atoms with Crippen LogP contribution >= 0.6 is 0 Å². The van der Waals surface area contributed by atoms with Gasteiger partial charge in [-0.1, -0.05) is 19.3 Å². The van der Waals surface area contributed by atoms with Crippen LogP contribution in [-0.4, -0.2) is 43.4 Å². The van der Waals surface area contributed by atoms with Crippen LogP contribution in [0.4, 0.5) is 0 Å². The monoisotopic (exact) mass is 227 g/mol. The van der Waals surface area contributed by atoms with Gasteiger partial charge in [0.05, 0.1) is 19.4 Å². The van der Waals surface area contributed by atoms with Gasteiger partial charge in [0.2, 0.25) is 0 Å². The van der Waals surface area contributed by atoms with E-state index in [2.05, 4.69) is 4.90 Å². The minimum atomic E-state index is -0.207. The van der Waals surface area contributed by atoms with Gasteiger partial charge in [-0.2, -0.15) is 0 Å². The molecule has 0 aromatic rings. The summed E-state index contributed by atoms with van der Waals surface area (Å²) in [7, 11) is 0. The molecule has 4 nitrogen and oxygen atoms in total. The fourth-order valence-electron chi connectivity index (χ4n) is 3.21. The fourth-order valence-corrected chi connectivity index (χ4v) is 3.21. The molecule has 2 rings (SSSR count). The summed E-state index contributed by atoms with van der Waals surface area (Å²) >= 11 is 0. The Labute approximate surface area is 98.3 Å². The summed E-state index contributed by atoms with van der Waals surface area (Å²) in [5.74, 6) is 0.701. The first kappa shape index (κ1) is 12.3. The van der Waals surface area contributed by atoms with Crippen molar-refractivity contribution in [3.63, 3.8) is 0 Å². The highest BCUT2D eigenvalue weighted by atomic mass is 16.5. The normalized spacial score (nSPS) is 27.2. The van der Waals surface area contributed by atoms with Gasteiger partial charge in [0, 0.05) is 19.1 Å². The molecule has 16 heavy (non-hydrogen) atoms. The average Bonchev–Trinajstić information content (AvgIpc) is 2.31. The van der Waals surface area contributed by atoms with Gasteiger partial charge < -0.3 is 16.2 Å². The molecule has 4 N–H and O–H groups in total. The molecule has 1 saturated heterocycles. The summed E-state index contributed by atoms with van der Waals surface area (Å²) in [4.78, 5) is 2.45. The second-order valence-corrected chi connectivity index (χ2v) is 5.11. The van der Waals surface area contributed by atoms with Crippen LogP contribution in [0.15, 0.2) is 0 Å². The van der Waals surface area contributed by atoms with E-state index in [1.165, 1.54) is 32.1 Å². The first-order valence-electron chi connectivity index (χ1n) is 6.62. The van der Waals surface area contributed by atoms with Gasteiger partial charge in [-0.05, 0) is 18.8 Å². The maximum absolute atomic E-state index is 5.99. The standard InChI is InChI=1S/C12H25N3O/c13-12(14)11(10-4-2-1-3-5-10)15-6-8-16-9-7-15/h10-12H,1-9,13-14H2. The van der Waals surface area contributed by atoms with Gasteiger partial charge in [-0.3, -0.25) is 4.90 Å². The predicted molar refractivity (Wildman–Crippen MR) is 64.9 cm³/mol. The smallest absolute Gasteiger partial charge is 0.0684 e. The summed E-state index contributed by atoms with van der Waals surface area (Å²) in [6.45, 7) is 3.64. The zero-order chi connectivity index (χ0) is 11.4. The maximum atomic E-state index is 5.99. The Bertz CT molecular complexity index is 180. The fraction of sp³-hybridized carbons (Fsp3) is 1.00. The molecule has 4 heteroatoms. The summed E-state index contributed by atoms with van der Waals surface area (Å²) in [6.07, 6.45) is 6.46. The molecular formula is C12H25N3O. The van der Waals surface area contributed by atoms with Crippen molar-refractivity contribution in [1.29, 1.82) is 0 Å². The second kappa shape index (κ2) is 5.96. The summed E-state index contributed by atoms with van der Waals surface area (Å²) in [5.41, 5.74) is 12.0. The highest BCUT2D eigenvalue weighted by molar-refractivity contribution is 4.87. The number of rotatable bonds is 3. The lowest BCUT2D eigenvalue weighted by Crippen LogP contribution is -2.59. The van der Waals surface area contributed by atoms with Gasteiger partial charge in [0.1, 0.15) is 0 Å². The topological polar surface area (TPSA) is 64.5 Å². The SMILES string of the molecule is NC(N)C(C1CCCCC1)N1CCOCC1. The van der Waals surface area contributed by atoms with Gasteiger partial charge in [-0.25, -0.2) is 0 Å². The van der Waals surface area contributed by atoms with E-state index < -0.39 is 0 Å². The highest BCUT2D eigenvalue weighted by Crippen LogP contribution is 2.29. The Kier molecular flexibility index (Phi) is 4.58. The largest absolute Gasteiger partial charge is 0.379 e. The molecule has 1 aliphatic heterocycles. The van der Waals surface area contributed by atoms with Crippen LogP contribution in [0, 0.1) is 5.92 Å². The van der Waals surface area contributed by atoms with Gasteiger partial charge >= 0.3 is 0 Å². The van der Waals surface area contributed by atoms with E-state index >= 15 is 0 Å². The molecule has 1 unspecified atom stereocenters. The van der Waals surface area contributed by atoms with Crippen molar-refractivity contribution in [3.05, 3.63) is 0 Å². The number of hydrogen-bond donors (Lipinski definition) is 2. The van der Waals surface area contributed by atoms with Crippen LogP contribution in [0.25, 0.3) is 0 Å². The average molecular weight is 227 g/mol. The Balaban J connectivity index is 1.96. The van der Waals surface area contributed by atoms with E-state index in [4.69, 9.17) is 16.2 Å². The first-order valence-corrected chi connectivity index (χ1v) is 6.62. The number of ether oxygens (including phenoxy) is 1. The lowest BCUT2D eigenvalue weighted by Gasteiger charge is -2.42. The van der Waals surface area contributed by atoms with Crippen molar-refractivity contribution in [1.82, 2.24) is 4.90 Å². The molecule has 1 aliphatic carbocycles. The molecule has 0 aromatic carbocycles. The van der Waals surface area contributed by atoms with Crippen LogP contribution in [0.1, 0.15) is 32.1 Å². The van der Waals surface area contributed by atoms with Crippen molar-refractivity contribution in [2.24, 2.45) is 17.4 Å². The lowest BCUT2D eigenvalue weighted by atomic mass is 9.82. The summed E-state index contributed by atoms with van der Waals surface area (Å²) < 4.78 is 5.39.